The van der Waals surface area contributed by atoms with E-state index in [0.29, 0.717) is 6.04 Å². The number of rotatable bonds is 7. The fourth-order valence-electron chi connectivity index (χ4n) is 4.64. The van der Waals surface area contributed by atoms with Gasteiger partial charge in [0, 0.05) is 58.2 Å². The molecule has 2 aliphatic heterocycles. The summed E-state index contributed by atoms with van der Waals surface area (Å²) in [6.45, 7) is 5.37. The standard InChI is InChI=1S/C26H38N6/c1-30(2)24-13-11-22(12-14-24)9-7-17-31-18-8-10-23(21-31)28-26-27-16-15-25(29-26)32-19-5-3-4-6-20-32/h7,9,11-16,23H,3-6,8,10,17-21H2,1-2H3,(H,27,28,29). The highest BCUT2D eigenvalue weighted by Crippen LogP contribution is 2.20. The third kappa shape index (κ3) is 6.45. The number of hydrogen-bond donors (Lipinski definition) is 1. The van der Waals surface area contributed by atoms with Crippen molar-refractivity contribution >= 4 is 23.5 Å². The van der Waals surface area contributed by atoms with Gasteiger partial charge >= 0.3 is 0 Å². The number of nitrogens with zero attached hydrogens (tertiary/aromatic N) is 5. The highest BCUT2D eigenvalue weighted by atomic mass is 15.2. The molecular weight excluding hydrogens is 396 g/mol. The third-order valence-corrected chi connectivity index (χ3v) is 6.49. The van der Waals surface area contributed by atoms with Gasteiger partial charge in [-0.3, -0.25) is 4.90 Å². The van der Waals surface area contributed by atoms with Gasteiger partial charge in [0.05, 0.1) is 0 Å². The Morgan fingerprint density at radius 2 is 1.78 bits per heavy atom. The lowest BCUT2D eigenvalue weighted by atomic mass is 10.1. The minimum Gasteiger partial charge on any atom is -0.378 e. The van der Waals surface area contributed by atoms with Gasteiger partial charge in [-0.1, -0.05) is 37.1 Å². The second kappa shape index (κ2) is 11.3. The lowest BCUT2D eigenvalue weighted by molar-refractivity contribution is 0.237. The van der Waals surface area contributed by atoms with Gasteiger partial charge in [0.2, 0.25) is 5.95 Å². The number of benzene rings is 1. The fraction of sp³-hybridized carbons (Fsp3) is 0.538. The molecule has 2 saturated heterocycles. The molecule has 6 heteroatoms. The summed E-state index contributed by atoms with van der Waals surface area (Å²) >= 11 is 0. The molecule has 6 nitrogen and oxygen atoms in total. The molecule has 2 aromatic rings. The van der Waals surface area contributed by atoms with Gasteiger partial charge in [0.25, 0.3) is 0 Å². The van der Waals surface area contributed by atoms with Crippen molar-refractivity contribution in [2.24, 2.45) is 0 Å². The SMILES string of the molecule is CN(C)c1ccc(C=CCN2CCCC(Nc3nccc(N4CCCCCC4)n3)C2)cc1. The van der Waals surface area contributed by atoms with Crippen molar-refractivity contribution in [2.45, 2.75) is 44.6 Å². The zero-order chi connectivity index (χ0) is 22.2. The zero-order valence-electron chi connectivity index (χ0n) is 19.7. The van der Waals surface area contributed by atoms with Gasteiger partial charge < -0.3 is 15.1 Å². The molecule has 0 bridgehead atoms. The second-order valence-corrected chi connectivity index (χ2v) is 9.27. The van der Waals surface area contributed by atoms with Crippen LogP contribution in [-0.4, -0.2) is 67.7 Å². The molecule has 2 fully saturated rings. The molecule has 2 aliphatic rings. The molecule has 32 heavy (non-hydrogen) atoms. The molecule has 1 aromatic heterocycles. The van der Waals surface area contributed by atoms with Gasteiger partial charge in [-0.25, -0.2) is 4.98 Å². The van der Waals surface area contributed by atoms with Crippen LogP contribution in [-0.2, 0) is 0 Å². The predicted molar refractivity (Wildman–Crippen MR) is 136 cm³/mol. The molecule has 0 amide bonds. The Labute approximate surface area is 193 Å². The first-order valence-electron chi connectivity index (χ1n) is 12.2. The Kier molecular flexibility index (Phi) is 7.99. The number of likely N-dealkylation sites (tertiary alicyclic amines) is 1. The van der Waals surface area contributed by atoms with Gasteiger partial charge in [-0.2, -0.15) is 4.98 Å². The molecule has 0 radical (unpaired) electrons. The molecule has 1 unspecified atom stereocenters. The van der Waals surface area contributed by atoms with E-state index in [0.717, 1.165) is 44.5 Å². The summed E-state index contributed by atoms with van der Waals surface area (Å²) in [6, 6.07) is 11.2. The van der Waals surface area contributed by atoms with E-state index in [-0.39, 0.29) is 0 Å². The molecule has 1 atom stereocenters. The van der Waals surface area contributed by atoms with E-state index < -0.39 is 0 Å². The van der Waals surface area contributed by atoms with Crippen LogP contribution in [0, 0.1) is 0 Å². The van der Waals surface area contributed by atoms with Gasteiger partial charge in [-0.05, 0) is 56.0 Å². The summed E-state index contributed by atoms with van der Waals surface area (Å²) < 4.78 is 0. The van der Waals surface area contributed by atoms with Crippen LogP contribution < -0.4 is 15.1 Å². The molecule has 172 valence electrons. The second-order valence-electron chi connectivity index (χ2n) is 9.27. The van der Waals surface area contributed by atoms with E-state index in [1.165, 1.54) is 49.8 Å². The fourth-order valence-corrected chi connectivity index (χ4v) is 4.64. The third-order valence-electron chi connectivity index (χ3n) is 6.49. The monoisotopic (exact) mass is 434 g/mol. The Hall–Kier alpha value is -2.60. The maximum absolute atomic E-state index is 4.85. The van der Waals surface area contributed by atoms with Crippen LogP contribution in [0.1, 0.15) is 44.1 Å². The van der Waals surface area contributed by atoms with Crippen molar-refractivity contribution in [1.82, 2.24) is 14.9 Å². The Balaban J connectivity index is 1.29. The van der Waals surface area contributed by atoms with E-state index in [9.17, 15) is 0 Å². The minimum absolute atomic E-state index is 0.399. The number of aromatic nitrogens is 2. The Morgan fingerprint density at radius 1 is 1.00 bits per heavy atom. The van der Waals surface area contributed by atoms with Crippen LogP contribution in [0.3, 0.4) is 0 Å². The van der Waals surface area contributed by atoms with Crippen molar-refractivity contribution in [2.75, 3.05) is 61.9 Å². The van der Waals surface area contributed by atoms with Crippen molar-refractivity contribution in [3.05, 3.63) is 48.2 Å². The molecule has 0 aliphatic carbocycles. The van der Waals surface area contributed by atoms with Gasteiger partial charge in [0.1, 0.15) is 5.82 Å². The van der Waals surface area contributed by atoms with Gasteiger partial charge in [-0.15, -0.1) is 0 Å². The topological polar surface area (TPSA) is 47.5 Å². The average molecular weight is 435 g/mol. The molecule has 3 heterocycles. The lowest BCUT2D eigenvalue weighted by Crippen LogP contribution is -2.42. The first-order chi connectivity index (χ1) is 15.7. The highest BCUT2D eigenvalue weighted by Gasteiger charge is 2.20. The zero-order valence-corrected chi connectivity index (χ0v) is 19.7. The Morgan fingerprint density at radius 3 is 2.53 bits per heavy atom. The predicted octanol–water partition coefficient (Wildman–Crippen LogP) is 4.51. The average Bonchev–Trinajstić information content (AvgIpc) is 3.10. The summed E-state index contributed by atoms with van der Waals surface area (Å²) in [6.07, 6.45) is 14.0. The first-order valence-corrected chi connectivity index (χ1v) is 12.2. The highest BCUT2D eigenvalue weighted by molar-refractivity contribution is 5.55. The molecular formula is C26H38N6. The number of piperidine rings is 1. The van der Waals surface area contributed by atoms with Crippen molar-refractivity contribution in [3.63, 3.8) is 0 Å². The smallest absolute Gasteiger partial charge is 0.224 e. The van der Waals surface area contributed by atoms with Crippen LogP contribution in [0.15, 0.2) is 42.6 Å². The maximum atomic E-state index is 4.85. The van der Waals surface area contributed by atoms with Crippen LogP contribution in [0.5, 0.6) is 0 Å². The summed E-state index contributed by atoms with van der Waals surface area (Å²) in [4.78, 5) is 16.4. The van der Waals surface area contributed by atoms with Crippen LogP contribution in [0.2, 0.25) is 0 Å². The van der Waals surface area contributed by atoms with Crippen LogP contribution in [0.4, 0.5) is 17.5 Å². The van der Waals surface area contributed by atoms with E-state index in [1.54, 1.807) is 0 Å². The summed E-state index contributed by atoms with van der Waals surface area (Å²) in [7, 11) is 4.14. The van der Waals surface area contributed by atoms with E-state index in [1.807, 2.05) is 6.20 Å². The largest absolute Gasteiger partial charge is 0.378 e. The normalized spacial score (nSPS) is 20.3. The number of nitrogens with one attached hydrogen (secondary N) is 1. The van der Waals surface area contributed by atoms with Crippen molar-refractivity contribution in [1.29, 1.82) is 0 Å². The van der Waals surface area contributed by atoms with Crippen LogP contribution in [0.25, 0.3) is 6.08 Å². The summed E-state index contributed by atoms with van der Waals surface area (Å²) in [5.74, 6) is 1.84. The molecule has 1 N–H and O–H groups in total. The molecule has 4 rings (SSSR count). The van der Waals surface area contributed by atoms with E-state index in [4.69, 9.17) is 4.98 Å². The Bertz CT molecular complexity index is 855. The lowest BCUT2D eigenvalue weighted by Gasteiger charge is -2.32. The molecule has 0 spiro atoms. The number of hydrogen-bond acceptors (Lipinski definition) is 6. The quantitative estimate of drug-likeness (QED) is 0.692. The van der Waals surface area contributed by atoms with Crippen molar-refractivity contribution < 1.29 is 0 Å². The molecule has 0 saturated carbocycles. The van der Waals surface area contributed by atoms with Crippen molar-refractivity contribution in [3.8, 4) is 0 Å². The van der Waals surface area contributed by atoms with E-state index in [2.05, 4.69) is 81.6 Å². The summed E-state index contributed by atoms with van der Waals surface area (Å²) in [5, 5.41) is 3.61. The number of anilines is 3. The molecule has 1 aromatic carbocycles. The summed E-state index contributed by atoms with van der Waals surface area (Å²) in [5.41, 5.74) is 2.48. The van der Waals surface area contributed by atoms with Gasteiger partial charge in [0.15, 0.2) is 0 Å². The maximum Gasteiger partial charge on any atom is 0.224 e. The van der Waals surface area contributed by atoms with Crippen LogP contribution >= 0.6 is 0 Å². The minimum atomic E-state index is 0.399. The van der Waals surface area contributed by atoms with E-state index >= 15 is 0 Å². The first kappa shape index (κ1) is 22.6.